The summed E-state index contributed by atoms with van der Waals surface area (Å²) in [5.41, 5.74) is 0.913. The second-order valence-corrected chi connectivity index (χ2v) is 5.88. The number of benzene rings is 2. The highest BCUT2D eigenvalue weighted by atomic mass is 35.5. The smallest absolute Gasteiger partial charge is 0.387 e. The number of hydrogen-bond acceptors (Lipinski definition) is 5. The number of ether oxygens (including phenoxy) is 4. The molecule has 0 saturated heterocycles. The Balaban J connectivity index is 1.80. The molecule has 0 atom stereocenters. The third kappa shape index (κ3) is 4.49. The normalized spacial score (nSPS) is 13.1. The van der Waals surface area contributed by atoms with Crippen LogP contribution in [0.1, 0.15) is 15.9 Å². The summed E-state index contributed by atoms with van der Waals surface area (Å²) in [4.78, 5) is 12.4. The number of carbonyl (C=O) groups is 1. The molecule has 0 amide bonds. The van der Waals surface area contributed by atoms with Gasteiger partial charge in [-0.05, 0) is 42.0 Å². The molecule has 0 aliphatic carbocycles. The largest absolute Gasteiger partial charge is 0.493 e. The Hall–Kier alpha value is -2.80. The molecule has 1 aliphatic heterocycles. The number of allylic oxidation sites excluding steroid dienone is 1. The highest BCUT2D eigenvalue weighted by molar-refractivity contribution is 6.32. The molecule has 0 aromatic heterocycles. The number of halogens is 3. The van der Waals surface area contributed by atoms with E-state index in [1.807, 2.05) is 0 Å². The SMILES string of the molecule is COc1cc(C(=O)/C=C/c2cc(Cl)c3c(c2)OCCO3)ccc1OC(F)F. The first-order valence-electron chi connectivity index (χ1n) is 7.92. The van der Waals surface area contributed by atoms with E-state index < -0.39 is 6.61 Å². The second kappa shape index (κ2) is 8.26. The quantitative estimate of drug-likeness (QED) is 0.527. The van der Waals surface area contributed by atoms with Gasteiger partial charge < -0.3 is 18.9 Å². The van der Waals surface area contributed by atoms with Gasteiger partial charge in [0, 0.05) is 5.56 Å². The van der Waals surface area contributed by atoms with Crippen molar-refractivity contribution in [1.82, 2.24) is 0 Å². The van der Waals surface area contributed by atoms with Crippen LogP contribution in [0.3, 0.4) is 0 Å². The zero-order valence-corrected chi connectivity index (χ0v) is 15.0. The first-order valence-corrected chi connectivity index (χ1v) is 8.30. The van der Waals surface area contributed by atoms with Crippen molar-refractivity contribution in [2.45, 2.75) is 6.61 Å². The molecule has 2 aromatic rings. The predicted octanol–water partition coefficient (Wildman–Crippen LogP) is 4.62. The van der Waals surface area contributed by atoms with Crippen molar-refractivity contribution in [2.75, 3.05) is 20.3 Å². The topological polar surface area (TPSA) is 54.0 Å². The summed E-state index contributed by atoms with van der Waals surface area (Å²) in [6.07, 6.45) is 2.91. The number of rotatable bonds is 6. The molecule has 3 rings (SSSR count). The van der Waals surface area contributed by atoms with E-state index in [4.69, 9.17) is 25.8 Å². The number of fused-ring (bicyclic) bond motifs is 1. The highest BCUT2D eigenvalue weighted by Gasteiger charge is 2.16. The first-order chi connectivity index (χ1) is 13.0. The molecule has 0 bridgehead atoms. The van der Waals surface area contributed by atoms with Crippen molar-refractivity contribution in [3.05, 3.63) is 52.6 Å². The lowest BCUT2D eigenvalue weighted by atomic mass is 10.1. The molecule has 0 N–H and O–H groups in total. The average Bonchev–Trinajstić information content (AvgIpc) is 2.66. The summed E-state index contributed by atoms with van der Waals surface area (Å²) in [7, 11) is 1.30. The zero-order chi connectivity index (χ0) is 19.4. The van der Waals surface area contributed by atoms with Gasteiger partial charge in [-0.25, -0.2) is 0 Å². The Labute approximate surface area is 159 Å². The van der Waals surface area contributed by atoms with E-state index in [9.17, 15) is 13.6 Å². The van der Waals surface area contributed by atoms with Crippen LogP contribution in [0.15, 0.2) is 36.4 Å². The van der Waals surface area contributed by atoms with Gasteiger partial charge in [0.05, 0.1) is 12.1 Å². The maximum Gasteiger partial charge on any atom is 0.387 e. The summed E-state index contributed by atoms with van der Waals surface area (Å²) in [5.74, 6) is 0.535. The van der Waals surface area contributed by atoms with E-state index in [-0.39, 0.29) is 22.8 Å². The number of methoxy groups -OCH3 is 1. The average molecular weight is 397 g/mol. The van der Waals surface area contributed by atoms with Gasteiger partial charge in [-0.3, -0.25) is 4.79 Å². The van der Waals surface area contributed by atoms with Crippen molar-refractivity contribution < 1.29 is 32.5 Å². The number of carbonyl (C=O) groups excluding carboxylic acids is 1. The summed E-state index contributed by atoms with van der Waals surface area (Å²) >= 11 is 6.16. The van der Waals surface area contributed by atoms with E-state index in [0.717, 1.165) is 0 Å². The third-order valence-electron chi connectivity index (χ3n) is 3.71. The number of ketones is 1. The molecule has 0 radical (unpaired) electrons. The van der Waals surface area contributed by atoms with Gasteiger partial charge in [-0.1, -0.05) is 17.7 Å². The molecule has 0 fully saturated rings. The van der Waals surface area contributed by atoms with Crippen molar-refractivity contribution in [3.63, 3.8) is 0 Å². The van der Waals surface area contributed by atoms with E-state index in [0.29, 0.717) is 35.3 Å². The van der Waals surface area contributed by atoms with Gasteiger partial charge in [0.1, 0.15) is 13.2 Å². The zero-order valence-electron chi connectivity index (χ0n) is 14.2. The van der Waals surface area contributed by atoms with Gasteiger partial charge in [0.2, 0.25) is 0 Å². The molecular weight excluding hydrogens is 382 g/mol. The van der Waals surface area contributed by atoms with Crippen LogP contribution in [0.4, 0.5) is 8.78 Å². The van der Waals surface area contributed by atoms with Crippen LogP contribution in [0, 0.1) is 0 Å². The maximum atomic E-state index is 12.4. The molecule has 27 heavy (non-hydrogen) atoms. The minimum atomic E-state index is -2.99. The molecule has 2 aromatic carbocycles. The van der Waals surface area contributed by atoms with E-state index in [1.54, 1.807) is 18.2 Å². The molecule has 1 aliphatic rings. The summed E-state index contributed by atoms with van der Waals surface area (Å²) in [6, 6.07) is 7.33. The standard InChI is InChI=1S/C19H15ClF2O5/c1-24-16-10-12(3-5-15(16)27-19(21)22)14(23)4-2-11-8-13(20)18-17(9-11)25-6-7-26-18/h2-5,8-10,19H,6-7H2,1H3/b4-2+. The number of hydrogen-bond donors (Lipinski definition) is 0. The minimum absolute atomic E-state index is 0.0388. The molecule has 0 saturated carbocycles. The molecule has 142 valence electrons. The van der Waals surface area contributed by atoms with E-state index >= 15 is 0 Å². The van der Waals surface area contributed by atoms with Crippen LogP contribution < -0.4 is 18.9 Å². The molecule has 8 heteroatoms. The van der Waals surface area contributed by atoms with E-state index in [1.165, 1.54) is 31.4 Å². The number of alkyl halides is 2. The Morgan fingerprint density at radius 3 is 2.70 bits per heavy atom. The third-order valence-corrected chi connectivity index (χ3v) is 3.99. The van der Waals surface area contributed by atoms with Crippen molar-refractivity contribution in [1.29, 1.82) is 0 Å². The van der Waals surface area contributed by atoms with Gasteiger partial charge >= 0.3 is 6.61 Å². The van der Waals surface area contributed by atoms with Crippen molar-refractivity contribution >= 4 is 23.5 Å². The summed E-state index contributed by atoms with van der Waals surface area (Å²) in [5, 5.41) is 0.384. The van der Waals surface area contributed by atoms with Crippen LogP contribution in [0.2, 0.25) is 5.02 Å². The maximum absolute atomic E-state index is 12.4. The fourth-order valence-electron chi connectivity index (χ4n) is 2.51. The Morgan fingerprint density at radius 2 is 1.96 bits per heavy atom. The van der Waals surface area contributed by atoms with Crippen molar-refractivity contribution in [3.8, 4) is 23.0 Å². The fourth-order valence-corrected chi connectivity index (χ4v) is 2.78. The molecule has 1 heterocycles. The Bertz CT molecular complexity index is 883. The molecule has 5 nitrogen and oxygen atoms in total. The van der Waals surface area contributed by atoms with Crippen LogP contribution >= 0.6 is 11.6 Å². The fraction of sp³-hybridized carbons (Fsp3) is 0.211. The van der Waals surface area contributed by atoms with Gasteiger partial charge in [-0.2, -0.15) is 8.78 Å². The van der Waals surface area contributed by atoms with Crippen molar-refractivity contribution in [2.24, 2.45) is 0 Å². The molecule has 0 spiro atoms. The monoisotopic (exact) mass is 396 g/mol. The Morgan fingerprint density at radius 1 is 1.19 bits per heavy atom. The highest BCUT2D eigenvalue weighted by Crippen LogP contribution is 2.38. The van der Waals surface area contributed by atoms with Crippen LogP contribution in [0.25, 0.3) is 6.08 Å². The van der Waals surface area contributed by atoms with E-state index in [2.05, 4.69) is 4.74 Å². The second-order valence-electron chi connectivity index (χ2n) is 5.47. The Kier molecular flexibility index (Phi) is 5.81. The van der Waals surface area contributed by atoms with Gasteiger partial charge in [0.25, 0.3) is 0 Å². The summed E-state index contributed by atoms with van der Waals surface area (Å²) in [6.45, 7) is -2.14. The molecular formula is C19H15ClF2O5. The lowest BCUT2D eigenvalue weighted by Gasteiger charge is -2.19. The van der Waals surface area contributed by atoms with Gasteiger partial charge in [-0.15, -0.1) is 0 Å². The lowest BCUT2D eigenvalue weighted by molar-refractivity contribution is -0.0512. The predicted molar refractivity (Wildman–Crippen MR) is 95.4 cm³/mol. The minimum Gasteiger partial charge on any atom is -0.493 e. The first kappa shape index (κ1) is 19.0. The van der Waals surface area contributed by atoms with Crippen LogP contribution in [-0.2, 0) is 0 Å². The summed E-state index contributed by atoms with van der Waals surface area (Å²) < 4.78 is 45.0. The van der Waals surface area contributed by atoms with Gasteiger partial charge in [0.15, 0.2) is 28.8 Å². The molecule has 0 unspecified atom stereocenters. The van der Waals surface area contributed by atoms with Crippen LogP contribution in [-0.4, -0.2) is 32.7 Å². The van der Waals surface area contributed by atoms with Crippen LogP contribution in [0.5, 0.6) is 23.0 Å². The lowest BCUT2D eigenvalue weighted by Crippen LogP contribution is -2.15.